The fourth-order valence-corrected chi connectivity index (χ4v) is 7.69. The normalized spacial score (nSPS) is 55.0. The van der Waals surface area contributed by atoms with Gasteiger partial charge >= 0.3 is 0 Å². The van der Waals surface area contributed by atoms with Crippen LogP contribution in [0.15, 0.2) is 12.2 Å². The summed E-state index contributed by atoms with van der Waals surface area (Å²) in [6, 6.07) is 0. The minimum Gasteiger partial charge on any atom is -0.388 e. The molecule has 0 aromatic carbocycles. The summed E-state index contributed by atoms with van der Waals surface area (Å²) < 4.78 is 0. The summed E-state index contributed by atoms with van der Waals surface area (Å²) in [4.78, 5) is 0. The minimum atomic E-state index is -0.210. The Morgan fingerprint density at radius 2 is 1.76 bits per heavy atom. The van der Waals surface area contributed by atoms with Gasteiger partial charge in [-0.3, -0.25) is 0 Å². The lowest BCUT2D eigenvalue weighted by Gasteiger charge is -2.64. The molecule has 4 saturated carbocycles. The fourth-order valence-electron chi connectivity index (χ4n) is 7.69. The van der Waals surface area contributed by atoms with Gasteiger partial charge in [0.05, 0.1) is 6.10 Å². The highest BCUT2D eigenvalue weighted by Crippen LogP contribution is 2.71. The molecule has 0 aromatic heterocycles. The van der Waals surface area contributed by atoms with E-state index in [0.29, 0.717) is 16.7 Å². The molecule has 1 heteroatoms. The molecule has 21 heavy (non-hydrogen) atoms. The van der Waals surface area contributed by atoms with Gasteiger partial charge in [0.15, 0.2) is 0 Å². The monoisotopic (exact) mass is 288 g/mol. The number of aliphatic hydroxyl groups is 1. The minimum absolute atomic E-state index is 0.193. The van der Waals surface area contributed by atoms with Crippen molar-refractivity contribution < 1.29 is 5.11 Å². The van der Waals surface area contributed by atoms with Gasteiger partial charge in [-0.15, -0.1) is 0 Å². The molecule has 0 amide bonds. The number of fused-ring (bicyclic) bond motifs is 3. The summed E-state index contributed by atoms with van der Waals surface area (Å²) in [7, 11) is 0. The maximum Gasteiger partial charge on any atom is 0.0809 e. The van der Waals surface area contributed by atoms with E-state index in [-0.39, 0.29) is 11.5 Å². The maximum atomic E-state index is 11.0. The van der Waals surface area contributed by atoms with Gasteiger partial charge in [-0.2, -0.15) is 0 Å². The standard InChI is InChI=1S/C20H32O/c1-13-14-6-7-16-19(4)10-5-9-18(2,3)15(19)8-11-20(16,12-14)17(13)21/h14-17,21H,1,5-12H2,2-4H3/t14-,15-,16-,17+,19+,20-/m0/s1. The van der Waals surface area contributed by atoms with E-state index in [1.165, 1.54) is 56.9 Å². The lowest BCUT2D eigenvalue weighted by atomic mass is 9.41. The highest BCUT2D eigenvalue weighted by atomic mass is 16.3. The van der Waals surface area contributed by atoms with Crippen molar-refractivity contribution in [2.24, 2.45) is 34.0 Å². The third-order valence-electron chi connectivity index (χ3n) is 8.51. The summed E-state index contributed by atoms with van der Waals surface area (Å²) in [6.07, 6.45) is 10.4. The summed E-state index contributed by atoms with van der Waals surface area (Å²) >= 11 is 0. The van der Waals surface area contributed by atoms with Crippen molar-refractivity contribution in [1.29, 1.82) is 0 Å². The second-order valence-corrected chi connectivity index (χ2v) is 9.68. The van der Waals surface area contributed by atoms with Crippen molar-refractivity contribution in [3.8, 4) is 0 Å². The smallest absolute Gasteiger partial charge is 0.0809 e. The Balaban J connectivity index is 1.77. The van der Waals surface area contributed by atoms with Crippen molar-refractivity contribution in [3.63, 3.8) is 0 Å². The predicted molar refractivity (Wildman–Crippen MR) is 86.9 cm³/mol. The van der Waals surface area contributed by atoms with Gasteiger partial charge < -0.3 is 5.11 Å². The molecule has 4 rings (SSSR count). The van der Waals surface area contributed by atoms with Gasteiger partial charge in [0, 0.05) is 5.41 Å². The van der Waals surface area contributed by atoms with Crippen LogP contribution in [-0.4, -0.2) is 11.2 Å². The van der Waals surface area contributed by atoms with Crippen molar-refractivity contribution in [2.45, 2.75) is 78.2 Å². The molecular formula is C20H32O. The van der Waals surface area contributed by atoms with Gasteiger partial charge in [-0.25, -0.2) is 0 Å². The second-order valence-electron chi connectivity index (χ2n) is 9.68. The summed E-state index contributed by atoms with van der Waals surface area (Å²) in [5.41, 5.74) is 2.32. The van der Waals surface area contributed by atoms with E-state index in [9.17, 15) is 5.11 Å². The molecule has 6 atom stereocenters. The zero-order valence-electron chi connectivity index (χ0n) is 14.1. The Morgan fingerprint density at radius 3 is 2.52 bits per heavy atom. The predicted octanol–water partition coefficient (Wildman–Crippen LogP) is 4.95. The third-order valence-corrected chi connectivity index (χ3v) is 8.51. The van der Waals surface area contributed by atoms with Crippen molar-refractivity contribution in [2.75, 3.05) is 0 Å². The van der Waals surface area contributed by atoms with Crippen molar-refractivity contribution in [3.05, 3.63) is 12.2 Å². The quantitative estimate of drug-likeness (QED) is 0.626. The topological polar surface area (TPSA) is 20.2 Å². The first-order chi connectivity index (χ1) is 9.81. The van der Waals surface area contributed by atoms with Gasteiger partial charge in [-0.05, 0) is 79.1 Å². The van der Waals surface area contributed by atoms with Gasteiger partial charge in [0.2, 0.25) is 0 Å². The van der Waals surface area contributed by atoms with Gasteiger partial charge in [-0.1, -0.05) is 33.8 Å². The Bertz CT molecular complexity index is 478. The van der Waals surface area contributed by atoms with Crippen LogP contribution >= 0.6 is 0 Å². The van der Waals surface area contributed by atoms with Crippen LogP contribution < -0.4 is 0 Å². The molecule has 4 aliphatic carbocycles. The van der Waals surface area contributed by atoms with Crippen molar-refractivity contribution in [1.82, 2.24) is 0 Å². The Morgan fingerprint density at radius 1 is 1.00 bits per heavy atom. The van der Waals surface area contributed by atoms with E-state index in [1.54, 1.807) is 0 Å². The number of hydrogen-bond donors (Lipinski definition) is 1. The number of hydrogen-bond acceptors (Lipinski definition) is 1. The van der Waals surface area contributed by atoms with Crippen LogP contribution in [0.4, 0.5) is 0 Å². The Hall–Kier alpha value is -0.300. The van der Waals surface area contributed by atoms with Crippen LogP contribution in [0.3, 0.4) is 0 Å². The first-order valence-corrected chi connectivity index (χ1v) is 9.18. The number of rotatable bonds is 0. The van der Waals surface area contributed by atoms with Crippen LogP contribution in [0.2, 0.25) is 0 Å². The maximum absolute atomic E-state index is 11.0. The van der Waals surface area contributed by atoms with Crippen molar-refractivity contribution >= 4 is 0 Å². The summed E-state index contributed by atoms with van der Waals surface area (Å²) in [6.45, 7) is 11.9. The average molecular weight is 288 g/mol. The largest absolute Gasteiger partial charge is 0.388 e. The molecule has 4 aliphatic rings. The SMILES string of the molecule is C=C1[C@H]2CC[C@H]3[C@]4(C)CCCC(C)(C)[C@@H]4CC[C@@]3(C2)[C@@H]1O. The van der Waals surface area contributed by atoms with Crippen LogP contribution in [0.25, 0.3) is 0 Å². The fraction of sp³-hybridized carbons (Fsp3) is 0.900. The molecule has 2 bridgehead atoms. The Kier molecular flexibility index (Phi) is 2.83. The van der Waals surface area contributed by atoms with Crippen LogP contribution in [0, 0.1) is 34.0 Å². The lowest BCUT2D eigenvalue weighted by molar-refractivity contribution is -0.167. The van der Waals surface area contributed by atoms with Crippen LogP contribution in [0.1, 0.15) is 72.1 Å². The van der Waals surface area contributed by atoms with E-state index in [4.69, 9.17) is 0 Å². The van der Waals surface area contributed by atoms with E-state index in [1.807, 2.05) is 0 Å². The molecule has 1 nitrogen and oxygen atoms in total. The van der Waals surface area contributed by atoms with E-state index in [0.717, 1.165) is 11.8 Å². The molecule has 0 aliphatic heterocycles. The highest BCUT2D eigenvalue weighted by molar-refractivity contribution is 5.27. The molecule has 0 unspecified atom stereocenters. The highest BCUT2D eigenvalue weighted by Gasteiger charge is 2.65. The molecule has 0 radical (unpaired) electrons. The molecule has 1 spiro atoms. The zero-order chi connectivity index (χ0) is 15.0. The van der Waals surface area contributed by atoms with Gasteiger partial charge in [0.25, 0.3) is 0 Å². The molecule has 1 N–H and O–H groups in total. The van der Waals surface area contributed by atoms with E-state index >= 15 is 0 Å². The molecule has 118 valence electrons. The molecule has 0 heterocycles. The zero-order valence-corrected chi connectivity index (χ0v) is 14.1. The molecule has 0 aromatic rings. The first kappa shape index (κ1) is 14.3. The second kappa shape index (κ2) is 4.16. The van der Waals surface area contributed by atoms with Crippen LogP contribution in [0.5, 0.6) is 0 Å². The summed E-state index contributed by atoms with van der Waals surface area (Å²) in [5, 5.41) is 11.0. The average Bonchev–Trinajstić information content (AvgIpc) is 2.59. The van der Waals surface area contributed by atoms with Gasteiger partial charge in [0.1, 0.15) is 0 Å². The Labute approximate surface area is 130 Å². The molecular weight excluding hydrogens is 256 g/mol. The molecule has 4 fully saturated rings. The summed E-state index contributed by atoms with van der Waals surface area (Å²) in [5.74, 6) is 2.20. The molecule has 0 saturated heterocycles. The first-order valence-electron chi connectivity index (χ1n) is 9.18. The lowest BCUT2D eigenvalue weighted by Crippen LogP contribution is -2.58. The number of aliphatic hydroxyl groups excluding tert-OH is 1. The third kappa shape index (κ3) is 1.62. The van der Waals surface area contributed by atoms with Crippen LogP contribution in [-0.2, 0) is 0 Å². The van der Waals surface area contributed by atoms with E-state index in [2.05, 4.69) is 27.4 Å². The van der Waals surface area contributed by atoms with E-state index < -0.39 is 0 Å².